The monoisotopic (exact) mass is 1020 g/mol. The molecule has 0 heterocycles. The Bertz CT molecular complexity index is 1250. The SMILES string of the molecule is CC/C=C\C/C=C\C/C=C\C/C=C\C/C=C\CCCCCCCCCC(=O)OC(CO)COC(=O)CCCCCCCCCCCCCCCCCCCCCCCCCCCCCCCCCCCCCC. The van der Waals surface area contributed by atoms with E-state index in [0.717, 1.165) is 77.0 Å². The van der Waals surface area contributed by atoms with Crippen LogP contribution in [-0.2, 0) is 19.1 Å². The van der Waals surface area contributed by atoms with Crippen molar-refractivity contribution in [2.75, 3.05) is 13.2 Å². The number of hydrogen-bond donors (Lipinski definition) is 1. The second kappa shape index (κ2) is 63.9. The zero-order valence-electron chi connectivity index (χ0n) is 48.9. The number of carbonyl (C=O) groups is 2. The van der Waals surface area contributed by atoms with Gasteiger partial charge in [-0.2, -0.15) is 0 Å². The second-order valence-corrected chi connectivity index (χ2v) is 21.8. The van der Waals surface area contributed by atoms with Crippen LogP contribution in [0.3, 0.4) is 0 Å². The standard InChI is InChI=1S/C68H124O5/c1-3-5-7-9-11-13-15-17-19-21-23-25-27-28-29-30-31-32-33-34-35-36-37-38-39-41-42-44-46-48-50-52-54-56-58-60-62-67(70)72-65-66(64-69)73-68(71)63-61-59-57-55-53-51-49-47-45-43-40-26-24-22-20-18-16-14-12-10-8-6-4-2/h6,8,12,14,18,20,24,26,43,45,66,69H,3-5,7,9-11,13,15-17,19,21-23,25,27-42,44,46-65H2,1-2H3/b8-6-,14-12-,20-18-,26-24-,45-43-. The van der Waals surface area contributed by atoms with Gasteiger partial charge in [-0.05, 0) is 57.8 Å². The maximum absolute atomic E-state index is 12.3. The van der Waals surface area contributed by atoms with E-state index in [0.29, 0.717) is 12.8 Å². The molecule has 5 nitrogen and oxygen atoms in total. The highest BCUT2D eigenvalue weighted by molar-refractivity contribution is 5.70. The maximum Gasteiger partial charge on any atom is 0.306 e. The lowest BCUT2D eigenvalue weighted by atomic mass is 10.0. The molecule has 1 N–H and O–H groups in total. The molecule has 0 aliphatic carbocycles. The molecule has 5 heteroatoms. The van der Waals surface area contributed by atoms with E-state index in [2.05, 4.69) is 74.6 Å². The Kier molecular flexibility index (Phi) is 61.8. The van der Waals surface area contributed by atoms with Gasteiger partial charge in [0.25, 0.3) is 0 Å². The molecule has 0 fully saturated rings. The third-order valence-electron chi connectivity index (χ3n) is 14.6. The first kappa shape index (κ1) is 70.6. The summed E-state index contributed by atoms with van der Waals surface area (Å²) in [5.41, 5.74) is 0. The van der Waals surface area contributed by atoms with Gasteiger partial charge in [-0.3, -0.25) is 9.59 Å². The molecule has 0 aliphatic heterocycles. The zero-order chi connectivity index (χ0) is 52.7. The molecule has 0 aromatic carbocycles. The lowest BCUT2D eigenvalue weighted by Gasteiger charge is -2.15. The fourth-order valence-electron chi connectivity index (χ4n) is 9.76. The van der Waals surface area contributed by atoms with Gasteiger partial charge in [0, 0.05) is 12.8 Å². The average molecular weight is 1020 g/mol. The van der Waals surface area contributed by atoms with Crippen molar-refractivity contribution in [1.29, 1.82) is 0 Å². The van der Waals surface area contributed by atoms with Crippen molar-refractivity contribution in [2.24, 2.45) is 0 Å². The topological polar surface area (TPSA) is 72.8 Å². The lowest BCUT2D eigenvalue weighted by molar-refractivity contribution is -0.161. The van der Waals surface area contributed by atoms with E-state index in [-0.39, 0.29) is 25.2 Å². The number of aliphatic hydroxyl groups is 1. The number of ether oxygens (including phenoxy) is 2. The Morgan fingerprint density at radius 2 is 0.589 bits per heavy atom. The Labute approximate surface area is 455 Å². The van der Waals surface area contributed by atoms with E-state index in [1.165, 1.54) is 238 Å². The number of aliphatic hydroxyl groups excluding tert-OH is 1. The summed E-state index contributed by atoms with van der Waals surface area (Å²) in [6, 6.07) is 0. The van der Waals surface area contributed by atoms with Gasteiger partial charge < -0.3 is 14.6 Å². The molecule has 0 bridgehead atoms. The number of hydrogen-bond acceptors (Lipinski definition) is 5. The minimum Gasteiger partial charge on any atom is -0.462 e. The Morgan fingerprint density at radius 1 is 0.329 bits per heavy atom. The third kappa shape index (κ3) is 62.0. The molecular formula is C68H124O5. The van der Waals surface area contributed by atoms with Gasteiger partial charge in [0.05, 0.1) is 6.61 Å². The first-order valence-electron chi connectivity index (χ1n) is 32.3. The number of rotatable bonds is 60. The largest absolute Gasteiger partial charge is 0.462 e. The predicted molar refractivity (Wildman–Crippen MR) is 320 cm³/mol. The molecule has 1 unspecified atom stereocenters. The van der Waals surface area contributed by atoms with E-state index in [4.69, 9.17) is 9.47 Å². The molecule has 0 radical (unpaired) electrons. The number of esters is 2. The minimum atomic E-state index is -0.780. The molecule has 0 aromatic rings. The highest BCUT2D eigenvalue weighted by Gasteiger charge is 2.16. The van der Waals surface area contributed by atoms with Crippen LogP contribution in [0.1, 0.15) is 341 Å². The Morgan fingerprint density at radius 3 is 0.890 bits per heavy atom. The lowest BCUT2D eigenvalue weighted by Crippen LogP contribution is -2.28. The number of unbranched alkanes of at least 4 members (excludes halogenated alkanes) is 42. The summed E-state index contributed by atoms with van der Waals surface area (Å²) in [4.78, 5) is 24.6. The smallest absolute Gasteiger partial charge is 0.306 e. The van der Waals surface area contributed by atoms with Crippen molar-refractivity contribution in [2.45, 2.75) is 347 Å². The molecule has 0 saturated heterocycles. The van der Waals surface area contributed by atoms with Crippen LogP contribution in [0, 0.1) is 0 Å². The van der Waals surface area contributed by atoms with Crippen LogP contribution in [0.5, 0.6) is 0 Å². The van der Waals surface area contributed by atoms with Gasteiger partial charge in [0.2, 0.25) is 0 Å². The fourth-order valence-corrected chi connectivity index (χ4v) is 9.76. The maximum atomic E-state index is 12.3. The van der Waals surface area contributed by atoms with E-state index >= 15 is 0 Å². The van der Waals surface area contributed by atoms with Gasteiger partial charge in [0.1, 0.15) is 6.61 Å². The summed E-state index contributed by atoms with van der Waals surface area (Å²) in [6.07, 6.45) is 86.7. The fraction of sp³-hybridized carbons (Fsp3) is 0.824. The van der Waals surface area contributed by atoms with E-state index in [1.54, 1.807) is 0 Å². The Balaban J connectivity index is 3.41. The summed E-state index contributed by atoms with van der Waals surface area (Å²) >= 11 is 0. The third-order valence-corrected chi connectivity index (χ3v) is 14.6. The van der Waals surface area contributed by atoms with Crippen LogP contribution in [0.25, 0.3) is 0 Å². The van der Waals surface area contributed by atoms with E-state index < -0.39 is 6.10 Å². The highest BCUT2D eigenvalue weighted by atomic mass is 16.6. The normalized spacial score (nSPS) is 12.5. The second-order valence-electron chi connectivity index (χ2n) is 21.8. The van der Waals surface area contributed by atoms with Crippen molar-refractivity contribution in [3.63, 3.8) is 0 Å². The molecule has 73 heavy (non-hydrogen) atoms. The molecule has 0 rings (SSSR count). The van der Waals surface area contributed by atoms with Gasteiger partial charge in [-0.1, -0.05) is 331 Å². The van der Waals surface area contributed by atoms with Crippen LogP contribution in [0.2, 0.25) is 0 Å². The average Bonchev–Trinajstić information content (AvgIpc) is 3.39. The zero-order valence-corrected chi connectivity index (χ0v) is 48.9. The summed E-state index contributed by atoms with van der Waals surface area (Å²) in [5, 5.41) is 9.67. The molecule has 1 atom stereocenters. The molecule has 0 aliphatic rings. The van der Waals surface area contributed by atoms with E-state index in [9.17, 15) is 14.7 Å². The van der Waals surface area contributed by atoms with Gasteiger partial charge in [0.15, 0.2) is 6.10 Å². The summed E-state index contributed by atoms with van der Waals surface area (Å²) < 4.78 is 10.7. The molecule has 0 spiro atoms. The van der Waals surface area contributed by atoms with Crippen LogP contribution in [-0.4, -0.2) is 36.4 Å². The van der Waals surface area contributed by atoms with Gasteiger partial charge in [-0.15, -0.1) is 0 Å². The Hall–Kier alpha value is -2.40. The van der Waals surface area contributed by atoms with E-state index in [1.807, 2.05) is 0 Å². The predicted octanol–water partition coefficient (Wildman–Crippen LogP) is 22.1. The van der Waals surface area contributed by atoms with Crippen molar-refractivity contribution in [3.8, 4) is 0 Å². The molecule has 426 valence electrons. The summed E-state index contributed by atoms with van der Waals surface area (Å²) in [6.45, 7) is 4.06. The molecular weight excluding hydrogens is 897 g/mol. The first-order chi connectivity index (χ1) is 36.1. The van der Waals surface area contributed by atoms with Crippen LogP contribution in [0.4, 0.5) is 0 Å². The minimum absolute atomic E-state index is 0.0691. The van der Waals surface area contributed by atoms with Crippen molar-refractivity contribution >= 4 is 11.9 Å². The van der Waals surface area contributed by atoms with Crippen LogP contribution < -0.4 is 0 Å². The number of allylic oxidation sites excluding steroid dienone is 10. The van der Waals surface area contributed by atoms with Crippen LogP contribution >= 0.6 is 0 Å². The highest BCUT2D eigenvalue weighted by Crippen LogP contribution is 2.18. The van der Waals surface area contributed by atoms with Gasteiger partial charge in [-0.25, -0.2) is 0 Å². The van der Waals surface area contributed by atoms with Crippen molar-refractivity contribution in [1.82, 2.24) is 0 Å². The molecule has 0 saturated carbocycles. The molecule has 0 aromatic heterocycles. The van der Waals surface area contributed by atoms with Gasteiger partial charge >= 0.3 is 11.9 Å². The van der Waals surface area contributed by atoms with Crippen LogP contribution in [0.15, 0.2) is 60.8 Å². The first-order valence-corrected chi connectivity index (χ1v) is 32.3. The summed E-state index contributed by atoms with van der Waals surface area (Å²) in [5.74, 6) is -0.590. The van der Waals surface area contributed by atoms with Crippen molar-refractivity contribution in [3.05, 3.63) is 60.8 Å². The quantitative estimate of drug-likeness (QED) is 0.0373. The summed E-state index contributed by atoms with van der Waals surface area (Å²) in [7, 11) is 0. The molecule has 0 amide bonds. The number of carbonyl (C=O) groups excluding carboxylic acids is 2. The van der Waals surface area contributed by atoms with Crippen molar-refractivity contribution < 1.29 is 24.2 Å².